The summed E-state index contributed by atoms with van der Waals surface area (Å²) in [5.41, 5.74) is -0.303. The second-order valence-corrected chi connectivity index (χ2v) is 2.75. The van der Waals surface area contributed by atoms with E-state index < -0.39 is 0 Å². The molecular formula is C8H6FNO2S. The van der Waals surface area contributed by atoms with Crippen molar-refractivity contribution in [2.24, 2.45) is 0 Å². The number of thiazole rings is 1. The van der Waals surface area contributed by atoms with Crippen molar-refractivity contribution in [2.75, 3.05) is 0 Å². The Kier molecular flexibility index (Phi) is 3.84. The fraction of sp³-hybridized carbons (Fsp3) is 0. The zero-order chi connectivity index (χ0) is 9.52. The molecule has 2 rings (SSSR count). The Morgan fingerprint density at radius 3 is 2.54 bits per heavy atom. The summed E-state index contributed by atoms with van der Waals surface area (Å²) in [7, 11) is 0. The van der Waals surface area contributed by atoms with Crippen molar-refractivity contribution in [1.82, 2.24) is 4.98 Å². The molecule has 0 aromatic carbocycles. The van der Waals surface area contributed by atoms with Gasteiger partial charge in [0.2, 0.25) is 0 Å². The molecule has 0 bridgehead atoms. The van der Waals surface area contributed by atoms with E-state index in [1.807, 2.05) is 0 Å². The molecule has 0 saturated heterocycles. The summed E-state index contributed by atoms with van der Waals surface area (Å²) in [5.74, 6) is 0. The van der Waals surface area contributed by atoms with Gasteiger partial charge in [0.05, 0.1) is 6.26 Å². The lowest BCUT2D eigenvalue weighted by molar-refractivity contribution is 0.511. The van der Waals surface area contributed by atoms with E-state index in [2.05, 4.69) is 9.40 Å². The summed E-state index contributed by atoms with van der Waals surface area (Å²) in [6.45, 7) is 0. The molecule has 68 valence electrons. The van der Waals surface area contributed by atoms with Crippen LogP contribution in [0.25, 0.3) is 0 Å². The molecule has 0 N–H and O–H groups in total. The van der Waals surface area contributed by atoms with Gasteiger partial charge in [-0.25, -0.2) is 9.78 Å². The SMILES string of the molecule is Fc1nccs1.O=c1cccco1. The van der Waals surface area contributed by atoms with Crippen LogP contribution < -0.4 is 5.63 Å². The molecule has 2 heterocycles. The highest BCUT2D eigenvalue weighted by Crippen LogP contribution is 1.97. The van der Waals surface area contributed by atoms with Gasteiger partial charge >= 0.3 is 5.63 Å². The standard InChI is InChI=1S/C5H4O2.C3H2FNS/c6-5-3-1-2-4-7-5;4-3-5-1-2-6-3/h1-4H;1-2H. The van der Waals surface area contributed by atoms with Crippen LogP contribution in [0.3, 0.4) is 0 Å². The molecule has 13 heavy (non-hydrogen) atoms. The van der Waals surface area contributed by atoms with Crippen LogP contribution in [0.5, 0.6) is 0 Å². The van der Waals surface area contributed by atoms with Crippen LogP contribution >= 0.6 is 11.3 Å². The normalized spacial score (nSPS) is 8.69. The molecule has 0 aliphatic rings. The molecule has 0 saturated carbocycles. The van der Waals surface area contributed by atoms with Crippen molar-refractivity contribution in [1.29, 1.82) is 0 Å². The van der Waals surface area contributed by atoms with Crippen LogP contribution in [0.1, 0.15) is 0 Å². The minimum atomic E-state index is -0.366. The smallest absolute Gasteiger partial charge is 0.335 e. The number of nitrogens with zero attached hydrogens (tertiary/aromatic N) is 1. The third-order valence-corrected chi connectivity index (χ3v) is 1.57. The topological polar surface area (TPSA) is 43.1 Å². The highest BCUT2D eigenvalue weighted by Gasteiger charge is 1.82. The first kappa shape index (κ1) is 9.60. The van der Waals surface area contributed by atoms with Gasteiger partial charge in [-0.3, -0.25) is 0 Å². The first-order chi connectivity index (χ1) is 6.29. The second kappa shape index (κ2) is 5.21. The van der Waals surface area contributed by atoms with Crippen molar-refractivity contribution in [2.45, 2.75) is 0 Å². The lowest BCUT2D eigenvalue weighted by atomic mass is 10.5. The number of rotatable bonds is 0. The van der Waals surface area contributed by atoms with E-state index >= 15 is 0 Å². The lowest BCUT2D eigenvalue weighted by Crippen LogP contribution is -1.90. The molecule has 0 aliphatic heterocycles. The van der Waals surface area contributed by atoms with E-state index in [9.17, 15) is 9.18 Å². The number of hydrogen-bond donors (Lipinski definition) is 0. The molecule has 0 unspecified atom stereocenters. The quantitative estimate of drug-likeness (QED) is 0.651. The molecule has 2 aromatic rings. The number of aromatic nitrogens is 1. The van der Waals surface area contributed by atoms with E-state index in [1.54, 1.807) is 17.5 Å². The molecule has 2 aromatic heterocycles. The summed E-state index contributed by atoms with van der Waals surface area (Å²) >= 11 is 1.000. The van der Waals surface area contributed by atoms with Gasteiger partial charge in [-0.15, -0.1) is 0 Å². The Bertz CT molecular complexity index is 368. The van der Waals surface area contributed by atoms with Crippen LogP contribution in [0.2, 0.25) is 0 Å². The first-order valence-electron chi connectivity index (χ1n) is 3.38. The van der Waals surface area contributed by atoms with Crippen molar-refractivity contribution in [3.8, 4) is 0 Å². The molecule has 0 spiro atoms. The molecular weight excluding hydrogens is 193 g/mol. The van der Waals surface area contributed by atoms with Crippen molar-refractivity contribution in [3.05, 3.63) is 51.7 Å². The van der Waals surface area contributed by atoms with E-state index in [4.69, 9.17) is 0 Å². The minimum Gasteiger partial charge on any atom is -0.431 e. The maximum absolute atomic E-state index is 11.6. The van der Waals surface area contributed by atoms with E-state index in [0.717, 1.165) is 11.3 Å². The highest BCUT2D eigenvalue weighted by atomic mass is 32.1. The zero-order valence-electron chi connectivity index (χ0n) is 6.51. The molecule has 5 heteroatoms. The van der Waals surface area contributed by atoms with Crippen LogP contribution in [0, 0.1) is 5.26 Å². The van der Waals surface area contributed by atoms with Crippen LogP contribution in [0.15, 0.2) is 45.3 Å². The fourth-order valence-corrected chi connectivity index (χ4v) is 0.887. The van der Waals surface area contributed by atoms with Crippen LogP contribution in [0.4, 0.5) is 4.39 Å². The summed E-state index contributed by atoms with van der Waals surface area (Å²) in [6.07, 6.45) is 2.78. The number of halogens is 1. The molecule has 0 fully saturated rings. The van der Waals surface area contributed by atoms with Gasteiger partial charge in [0.15, 0.2) is 0 Å². The maximum Gasteiger partial charge on any atom is 0.335 e. The van der Waals surface area contributed by atoms with Crippen molar-refractivity contribution in [3.63, 3.8) is 0 Å². The van der Waals surface area contributed by atoms with Crippen LogP contribution in [-0.2, 0) is 0 Å². The predicted molar refractivity (Wildman–Crippen MR) is 47.1 cm³/mol. The Morgan fingerprint density at radius 2 is 2.31 bits per heavy atom. The van der Waals surface area contributed by atoms with Gasteiger partial charge < -0.3 is 4.42 Å². The van der Waals surface area contributed by atoms with Crippen LogP contribution in [-0.4, -0.2) is 4.98 Å². The largest absolute Gasteiger partial charge is 0.431 e. The first-order valence-corrected chi connectivity index (χ1v) is 4.26. The van der Waals surface area contributed by atoms with Gasteiger partial charge in [0.25, 0.3) is 5.26 Å². The fourth-order valence-electron chi connectivity index (χ4n) is 0.531. The monoisotopic (exact) mass is 199 g/mol. The molecule has 0 amide bonds. The van der Waals surface area contributed by atoms with Gasteiger partial charge in [-0.1, -0.05) is 17.4 Å². The Hall–Kier alpha value is -1.49. The Morgan fingerprint density at radius 1 is 1.46 bits per heavy atom. The van der Waals surface area contributed by atoms with Gasteiger partial charge in [-0.2, -0.15) is 4.39 Å². The summed E-state index contributed by atoms with van der Waals surface area (Å²) in [6, 6.07) is 4.65. The predicted octanol–water partition coefficient (Wildman–Crippen LogP) is 1.92. The third-order valence-electron chi connectivity index (χ3n) is 1.01. The molecule has 0 radical (unpaired) electrons. The third kappa shape index (κ3) is 4.17. The van der Waals surface area contributed by atoms with Gasteiger partial charge in [0.1, 0.15) is 0 Å². The molecule has 3 nitrogen and oxygen atoms in total. The average Bonchev–Trinajstić information content (AvgIpc) is 2.58. The number of hydrogen-bond acceptors (Lipinski definition) is 4. The summed E-state index contributed by atoms with van der Waals surface area (Å²) < 4.78 is 15.9. The Labute approximate surface area is 77.5 Å². The van der Waals surface area contributed by atoms with Crippen molar-refractivity contribution >= 4 is 11.3 Å². The van der Waals surface area contributed by atoms with Gasteiger partial charge in [0, 0.05) is 17.6 Å². The zero-order valence-corrected chi connectivity index (χ0v) is 7.33. The molecule has 0 aliphatic carbocycles. The van der Waals surface area contributed by atoms with Crippen molar-refractivity contribution < 1.29 is 8.81 Å². The maximum atomic E-state index is 11.6. The minimum absolute atomic E-state index is 0.303. The van der Waals surface area contributed by atoms with E-state index in [1.165, 1.54) is 18.5 Å². The molecule has 0 atom stereocenters. The summed E-state index contributed by atoms with van der Waals surface area (Å²) in [4.78, 5) is 13.4. The Balaban J connectivity index is 0.000000132. The van der Waals surface area contributed by atoms with Gasteiger partial charge in [-0.05, 0) is 6.07 Å². The average molecular weight is 199 g/mol. The second-order valence-electron chi connectivity index (χ2n) is 1.91. The lowest BCUT2D eigenvalue weighted by Gasteiger charge is -1.72. The van der Waals surface area contributed by atoms with E-state index in [-0.39, 0.29) is 10.9 Å². The van der Waals surface area contributed by atoms with E-state index in [0.29, 0.717) is 0 Å². The summed E-state index contributed by atoms with van der Waals surface area (Å²) in [5, 5.41) is 1.23. The highest BCUT2D eigenvalue weighted by molar-refractivity contribution is 7.07.